The van der Waals surface area contributed by atoms with Gasteiger partial charge in [0.05, 0.1) is 25.7 Å². The van der Waals surface area contributed by atoms with Gasteiger partial charge in [-0.05, 0) is 85.4 Å². The Labute approximate surface area is 419 Å². The Bertz CT molecular complexity index is 3500. The molecule has 69 heavy (non-hydrogen) atoms. The molecule has 343 valence electrons. The maximum absolute atomic E-state index is 6.79. The molecule has 0 aliphatic rings. The number of hydrogen-bond donors (Lipinski definition) is 0. The minimum absolute atomic E-state index is 0. The fourth-order valence-corrected chi connectivity index (χ4v) is 9.98. The first-order chi connectivity index (χ1) is 33.0. The van der Waals surface area contributed by atoms with Crippen LogP contribution in [0.5, 0.6) is 0 Å². The van der Waals surface area contributed by atoms with Crippen molar-refractivity contribution in [3.05, 3.63) is 206 Å². The van der Waals surface area contributed by atoms with Gasteiger partial charge >= 0.3 is 0 Å². The Morgan fingerprint density at radius 3 is 1.80 bits per heavy atom. The third-order valence-corrected chi connectivity index (χ3v) is 14.7. The SMILES string of the molecule is CC(C)c1cc(-c2ccccc2)cc(C(C)C)c1-n1c(-c2[c-]ccc3c2oc2cc(-c4ccc(-c5ccccc5)cc4)ccc23)nc2cncnc21.C[Si](C)(C)c1ccc(-c2[c-]cccc2)nc1.[Ir]. The molecule has 1 radical (unpaired) electrons. The van der Waals surface area contributed by atoms with Gasteiger partial charge in [0.25, 0.3) is 0 Å². The molecule has 8 heteroatoms. The molecule has 0 N–H and O–H groups in total. The Kier molecular flexibility index (Phi) is 13.5. The molecule has 0 unspecified atom stereocenters. The van der Waals surface area contributed by atoms with Crippen LogP contribution in [0.2, 0.25) is 19.6 Å². The van der Waals surface area contributed by atoms with E-state index in [0.29, 0.717) is 0 Å². The van der Waals surface area contributed by atoms with Gasteiger partial charge < -0.3 is 14.0 Å². The summed E-state index contributed by atoms with van der Waals surface area (Å²) in [7, 11) is -1.23. The largest absolute Gasteiger partial charge is 0.501 e. The number of furan rings is 1. The van der Waals surface area contributed by atoms with Crippen LogP contribution in [0.25, 0.3) is 94.8 Å². The van der Waals surface area contributed by atoms with Crippen molar-refractivity contribution in [2.75, 3.05) is 0 Å². The summed E-state index contributed by atoms with van der Waals surface area (Å²) in [4.78, 5) is 18.9. The molecule has 0 bridgehead atoms. The van der Waals surface area contributed by atoms with Crippen molar-refractivity contribution >= 4 is 46.4 Å². The van der Waals surface area contributed by atoms with Crippen LogP contribution in [-0.4, -0.2) is 32.6 Å². The maximum atomic E-state index is 6.79. The number of fused-ring (bicyclic) bond motifs is 4. The predicted octanol–water partition coefficient (Wildman–Crippen LogP) is 15.5. The molecule has 7 aromatic carbocycles. The molecule has 0 saturated carbocycles. The van der Waals surface area contributed by atoms with E-state index in [2.05, 4.69) is 201 Å². The zero-order chi connectivity index (χ0) is 46.9. The van der Waals surface area contributed by atoms with Crippen molar-refractivity contribution in [2.24, 2.45) is 0 Å². The van der Waals surface area contributed by atoms with Gasteiger partial charge in [-0.1, -0.05) is 167 Å². The molecule has 0 spiro atoms. The van der Waals surface area contributed by atoms with E-state index in [-0.39, 0.29) is 31.9 Å². The van der Waals surface area contributed by atoms with Gasteiger partial charge in [-0.2, -0.15) is 0 Å². The van der Waals surface area contributed by atoms with E-state index < -0.39 is 8.07 Å². The summed E-state index contributed by atoms with van der Waals surface area (Å²) in [6.45, 7) is 16.0. The number of hydrogen-bond acceptors (Lipinski definition) is 5. The molecule has 0 amide bonds. The molecule has 0 aliphatic carbocycles. The van der Waals surface area contributed by atoms with Crippen LogP contribution < -0.4 is 5.19 Å². The molecule has 4 aromatic heterocycles. The Morgan fingerprint density at radius 2 is 1.19 bits per heavy atom. The predicted molar refractivity (Wildman–Crippen MR) is 284 cm³/mol. The Balaban J connectivity index is 0.000000296. The summed E-state index contributed by atoms with van der Waals surface area (Å²) in [6, 6.07) is 64.0. The fourth-order valence-electron chi connectivity index (χ4n) is 8.95. The number of nitrogens with zero attached hydrogens (tertiary/aromatic N) is 5. The zero-order valence-corrected chi connectivity index (χ0v) is 43.3. The molecule has 11 aromatic rings. The van der Waals surface area contributed by atoms with E-state index in [4.69, 9.17) is 14.4 Å². The minimum Gasteiger partial charge on any atom is -0.501 e. The standard InChI is InChI=1S/C47H37N4O.C14H16NSi.Ir/c1-29(2)40-24-36(32-14-9-6-10-15-32)25-41(30(3)4)44(40)51-46(50-42-27-48-28-49-47(42)51)39-17-11-16-38-37-23-22-35(26-43(37)52-45(38)39)34-20-18-33(19-21-34)31-12-7-5-8-13-31;1-16(2,3)13-9-10-14(15-11-13)12-7-5-4-6-8-12;/h5-16,18-30H,1-4H3;4-7,9-11H,1-3H3;/q2*-1;. The number of imidazole rings is 1. The van der Waals surface area contributed by atoms with Gasteiger partial charge in [0.1, 0.15) is 17.4 Å². The zero-order valence-electron chi connectivity index (χ0n) is 40.0. The molecule has 0 aliphatic heterocycles. The summed E-state index contributed by atoms with van der Waals surface area (Å²) in [6.07, 6.45) is 5.41. The normalized spacial score (nSPS) is 11.6. The summed E-state index contributed by atoms with van der Waals surface area (Å²) in [5.74, 6) is 1.19. The molecular weight excluding hydrogens is 1040 g/mol. The quantitative estimate of drug-likeness (QED) is 0.106. The summed E-state index contributed by atoms with van der Waals surface area (Å²) in [5, 5.41) is 3.47. The third kappa shape index (κ3) is 9.53. The topological polar surface area (TPSA) is 69.6 Å². The van der Waals surface area contributed by atoms with E-state index >= 15 is 0 Å². The van der Waals surface area contributed by atoms with Crippen LogP contribution in [0.3, 0.4) is 0 Å². The van der Waals surface area contributed by atoms with Gasteiger partial charge in [-0.25, -0.2) is 9.97 Å². The average Bonchev–Trinajstić information content (AvgIpc) is 3.95. The van der Waals surface area contributed by atoms with Crippen molar-refractivity contribution < 1.29 is 24.5 Å². The molecular formula is C61H53IrN5OSi-2. The van der Waals surface area contributed by atoms with Crippen LogP contribution in [0.15, 0.2) is 187 Å². The minimum atomic E-state index is -1.23. The van der Waals surface area contributed by atoms with Gasteiger partial charge in [0, 0.05) is 37.4 Å². The van der Waals surface area contributed by atoms with Crippen molar-refractivity contribution in [1.29, 1.82) is 0 Å². The van der Waals surface area contributed by atoms with Gasteiger partial charge in [0.2, 0.25) is 0 Å². The number of pyridine rings is 1. The summed E-state index contributed by atoms with van der Waals surface area (Å²) < 4.78 is 9.01. The smallest absolute Gasteiger partial charge is 0.158 e. The van der Waals surface area contributed by atoms with Gasteiger partial charge in [-0.3, -0.25) is 4.98 Å². The molecule has 4 heterocycles. The van der Waals surface area contributed by atoms with Crippen molar-refractivity contribution in [2.45, 2.75) is 59.2 Å². The molecule has 0 atom stereocenters. The number of rotatable bonds is 9. The van der Waals surface area contributed by atoms with E-state index in [1.165, 1.54) is 38.6 Å². The fraction of sp³-hybridized carbons (Fsp3) is 0.148. The Hall–Kier alpha value is -7.09. The average molecular weight is 1090 g/mol. The molecule has 0 fully saturated rings. The number of aromatic nitrogens is 5. The first-order valence-electron chi connectivity index (χ1n) is 23.4. The van der Waals surface area contributed by atoms with Crippen LogP contribution in [-0.2, 0) is 20.1 Å². The van der Waals surface area contributed by atoms with Gasteiger partial charge in [0.15, 0.2) is 5.65 Å². The van der Waals surface area contributed by atoms with Crippen molar-refractivity contribution in [3.8, 4) is 61.7 Å². The second kappa shape index (κ2) is 19.9. The molecule has 0 saturated heterocycles. The second-order valence-corrected chi connectivity index (χ2v) is 24.1. The Morgan fingerprint density at radius 1 is 0.565 bits per heavy atom. The first-order valence-corrected chi connectivity index (χ1v) is 26.9. The van der Waals surface area contributed by atoms with E-state index in [1.54, 1.807) is 12.5 Å². The maximum Gasteiger partial charge on any atom is 0.158 e. The summed E-state index contributed by atoms with van der Waals surface area (Å²) in [5.41, 5.74) is 16.5. The van der Waals surface area contributed by atoms with Crippen LogP contribution in [0.4, 0.5) is 0 Å². The molecule has 6 nitrogen and oxygen atoms in total. The van der Waals surface area contributed by atoms with Crippen molar-refractivity contribution in [1.82, 2.24) is 24.5 Å². The van der Waals surface area contributed by atoms with E-state index in [9.17, 15) is 0 Å². The van der Waals surface area contributed by atoms with E-state index in [1.807, 2.05) is 42.6 Å². The van der Waals surface area contributed by atoms with Crippen LogP contribution >= 0.6 is 0 Å². The first kappa shape index (κ1) is 47.0. The number of benzene rings is 7. The molecule has 11 rings (SSSR count). The van der Waals surface area contributed by atoms with Crippen molar-refractivity contribution in [3.63, 3.8) is 0 Å². The van der Waals surface area contributed by atoms with E-state index in [0.717, 1.165) is 72.6 Å². The van der Waals surface area contributed by atoms with Crippen LogP contribution in [0.1, 0.15) is 50.7 Å². The van der Waals surface area contributed by atoms with Gasteiger partial charge in [-0.15, -0.1) is 54.1 Å². The monoisotopic (exact) mass is 1090 g/mol. The second-order valence-electron chi connectivity index (χ2n) is 19.0. The summed E-state index contributed by atoms with van der Waals surface area (Å²) >= 11 is 0. The van der Waals surface area contributed by atoms with Crippen LogP contribution in [0, 0.1) is 12.1 Å². The third-order valence-electron chi connectivity index (χ3n) is 12.7.